The van der Waals surface area contributed by atoms with Crippen molar-refractivity contribution in [3.05, 3.63) is 70.9 Å². The molecule has 148 valence electrons. The van der Waals surface area contributed by atoms with Crippen molar-refractivity contribution in [1.29, 1.82) is 0 Å². The van der Waals surface area contributed by atoms with Gasteiger partial charge in [-0.25, -0.2) is 4.79 Å². The number of halogens is 2. The van der Waals surface area contributed by atoms with Crippen molar-refractivity contribution >= 4 is 11.8 Å². The SMILES string of the molecule is Cc1ccc(C)c(COC(=O)Nc2cnn(Cc3ccc(C(C)(F)F)o3)c2)c1. The molecule has 28 heavy (non-hydrogen) atoms. The highest BCUT2D eigenvalue weighted by atomic mass is 19.3. The lowest BCUT2D eigenvalue weighted by atomic mass is 10.1. The zero-order chi connectivity index (χ0) is 20.3. The number of carbonyl (C=O) groups excluding carboxylic acids is 1. The first-order valence-electron chi connectivity index (χ1n) is 8.70. The Balaban J connectivity index is 1.54. The van der Waals surface area contributed by atoms with Gasteiger partial charge in [0.05, 0.1) is 18.4 Å². The van der Waals surface area contributed by atoms with E-state index in [4.69, 9.17) is 9.15 Å². The lowest BCUT2D eigenvalue weighted by Gasteiger charge is -2.08. The molecule has 0 bridgehead atoms. The van der Waals surface area contributed by atoms with Crippen molar-refractivity contribution in [2.24, 2.45) is 0 Å². The van der Waals surface area contributed by atoms with Gasteiger partial charge in [0.1, 0.15) is 12.4 Å². The van der Waals surface area contributed by atoms with E-state index in [0.717, 1.165) is 23.6 Å². The molecule has 3 rings (SSSR count). The molecule has 3 aromatic rings. The van der Waals surface area contributed by atoms with E-state index in [1.165, 1.54) is 23.0 Å². The summed E-state index contributed by atoms with van der Waals surface area (Å²) in [5, 5.41) is 6.67. The summed E-state index contributed by atoms with van der Waals surface area (Å²) in [6.07, 6.45) is 2.40. The maximum atomic E-state index is 13.2. The van der Waals surface area contributed by atoms with Gasteiger partial charge in [-0.3, -0.25) is 10.00 Å². The number of aromatic nitrogens is 2. The van der Waals surface area contributed by atoms with E-state index in [0.29, 0.717) is 11.4 Å². The van der Waals surface area contributed by atoms with Crippen molar-refractivity contribution in [2.75, 3.05) is 5.32 Å². The molecule has 0 radical (unpaired) electrons. The summed E-state index contributed by atoms with van der Waals surface area (Å²) in [5.41, 5.74) is 3.50. The van der Waals surface area contributed by atoms with Crippen molar-refractivity contribution < 1.29 is 22.7 Å². The first-order valence-corrected chi connectivity index (χ1v) is 8.70. The van der Waals surface area contributed by atoms with E-state index >= 15 is 0 Å². The van der Waals surface area contributed by atoms with Gasteiger partial charge in [-0.15, -0.1) is 0 Å². The lowest BCUT2D eigenvalue weighted by molar-refractivity contribution is -0.00636. The third kappa shape index (κ3) is 4.97. The molecule has 0 aliphatic heterocycles. The highest BCUT2D eigenvalue weighted by Gasteiger charge is 2.28. The first-order chi connectivity index (χ1) is 13.2. The third-order valence-electron chi connectivity index (χ3n) is 4.16. The van der Waals surface area contributed by atoms with Gasteiger partial charge < -0.3 is 9.15 Å². The monoisotopic (exact) mass is 389 g/mol. The Kier molecular flexibility index (Phi) is 5.48. The largest absolute Gasteiger partial charge is 0.458 e. The number of nitrogens with zero attached hydrogens (tertiary/aromatic N) is 2. The molecule has 2 heterocycles. The minimum atomic E-state index is -3.03. The Morgan fingerprint density at radius 1 is 1.29 bits per heavy atom. The number of anilines is 1. The minimum Gasteiger partial charge on any atom is -0.458 e. The fourth-order valence-corrected chi connectivity index (χ4v) is 2.63. The maximum absolute atomic E-state index is 13.2. The van der Waals surface area contributed by atoms with E-state index in [9.17, 15) is 13.6 Å². The normalized spacial score (nSPS) is 11.5. The van der Waals surface area contributed by atoms with E-state index in [1.54, 1.807) is 6.20 Å². The molecular formula is C20H21F2N3O3. The third-order valence-corrected chi connectivity index (χ3v) is 4.16. The molecule has 6 nitrogen and oxygen atoms in total. The Morgan fingerprint density at radius 3 is 2.79 bits per heavy atom. The summed E-state index contributed by atoms with van der Waals surface area (Å²) in [7, 11) is 0. The maximum Gasteiger partial charge on any atom is 0.412 e. The summed E-state index contributed by atoms with van der Waals surface area (Å²) in [4.78, 5) is 12.0. The molecular weight excluding hydrogens is 368 g/mol. The number of furan rings is 1. The van der Waals surface area contributed by atoms with E-state index in [-0.39, 0.29) is 13.2 Å². The first kappa shape index (κ1) is 19.6. The van der Waals surface area contributed by atoms with Crippen LogP contribution >= 0.6 is 0 Å². The standard InChI is InChI=1S/C20H21F2N3O3/c1-13-4-5-14(2)15(8-13)12-27-19(26)24-16-9-23-25(10-16)11-17-6-7-18(28-17)20(3,21)22/h4-10H,11-12H2,1-3H3,(H,24,26). The molecule has 1 aromatic carbocycles. The molecule has 8 heteroatoms. The number of rotatable bonds is 6. The van der Waals surface area contributed by atoms with Gasteiger partial charge in [0.25, 0.3) is 0 Å². The van der Waals surface area contributed by atoms with Crippen LogP contribution in [-0.4, -0.2) is 15.9 Å². The van der Waals surface area contributed by atoms with Crippen LogP contribution in [0.5, 0.6) is 0 Å². The number of ether oxygens (including phenoxy) is 1. The summed E-state index contributed by atoms with van der Waals surface area (Å²) in [6, 6.07) is 8.65. The Bertz CT molecular complexity index is 973. The number of hydrogen-bond donors (Lipinski definition) is 1. The van der Waals surface area contributed by atoms with Crippen LogP contribution in [0, 0.1) is 13.8 Å². The van der Waals surface area contributed by atoms with Crippen LogP contribution in [0.25, 0.3) is 0 Å². The van der Waals surface area contributed by atoms with Crippen molar-refractivity contribution in [3.8, 4) is 0 Å². The zero-order valence-corrected chi connectivity index (χ0v) is 15.8. The van der Waals surface area contributed by atoms with Crippen LogP contribution in [0.1, 0.15) is 35.1 Å². The van der Waals surface area contributed by atoms with Gasteiger partial charge >= 0.3 is 12.0 Å². The number of nitrogens with one attached hydrogen (secondary N) is 1. The topological polar surface area (TPSA) is 69.3 Å². The molecule has 0 aliphatic rings. The number of amides is 1. The van der Waals surface area contributed by atoms with Crippen molar-refractivity contribution in [3.63, 3.8) is 0 Å². The molecule has 0 saturated heterocycles. The summed E-state index contributed by atoms with van der Waals surface area (Å²) >= 11 is 0. The fourth-order valence-electron chi connectivity index (χ4n) is 2.63. The van der Waals surface area contributed by atoms with Crippen molar-refractivity contribution in [1.82, 2.24) is 9.78 Å². The molecule has 1 amide bonds. The molecule has 0 unspecified atom stereocenters. The Morgan fingerprint density at radius 2 is 2.07 bits per heavy atom. The quantitative estimate of drug-likeness (QED) is 0.644. The summed E-state index contributed by atoms with van der Waals surface area (Å²) in [5.74, 6) is -3.10. The van der Waals surface area contributed by atoms with Crippen LogP contribution in [0.3, 0.4) is 0 Å². The van der Waals surface area contributed by atoms with Crippen LogP contribution in [0.15, 0.2) is 47.1 Å². The van der Waals surface area contributed by atoms with Crippen LogP contribution in [0.2, 0.25) is 0 Å². The number of carbonyl (C=O) groups is 1. The highest BCUT2D eigenvalue weighted by Crippen LogP contribution is 2.28. The van der Waals surface area contributed by atoms with Crippen LogP contribution in [-0.2, 0) is 23.8 Å². The van der Waals surface area contributed by atoms with E-state index < -0.39 is 17.8 Å². The number of benzene rings is 1. The molecule has 0 aliphatic carbocycles. The summed E-state index contributed by atoms with van der Waals surface area (Å²) in [6.45, 7) is 5.02. The van der Waals surface area contributed by atoms with E-state index in [2.05, 4.69) is 10.4 Å². The minimum absolute atomic E-state index is 0.161. The van der Waals surface area contributed by atoms with Gasteiger partial charge in [0, 0.05) is 13.1 Å². The molecule has 2 aromatic heterocycles. The van der Waals surface area contributed by atoms with Crippen LogP contribution < -0.4 is 5.32 Å². The second kappa shape index (κ2) is 7.84. The second-order valence-electron chi connectivity index (χ2n) is 6.71. The molecule has 1 N–H and O–H groups in total. The van der Waals surface area contributed by atoms with Crippen molar-refractivity contribution in [2.45, 2.75) is 39.8 Å². The average Bonchev–Trinajstić information content (AvgIpc) is 3.25. The van der Waals surface area contributed by atoms with E-state index in [1.807, 2.05) is 32.0 Å². The summed E-state index contributed by atoms with van der Waals surface area (Å²) < 4.78 is 38.3. The van der Waals surface area contributed by atoms with Gasteiger partial charge in [-0.1, -0.05) is 23.8 Å². The highest BCUT2D eigenvalue weighted by molar-refractivity contribution is 5.84. The fraction of sp³-hybridized carbons (Fsp3) is 0.300. The Hall–Kier alpha value is -3.16. The predicted octanol–water partition coefficient (Wildman–Crippen LogP) is 5.00. The molecule has 0 atom stereocenters. The molecule has 0 saturated carbocycles. The van der Waals surface area contributed by atoms with Gasteiger partial charge in [-0.2, -0.15) is 13.9 Å². The van der Waals surface area contributed by atoms with Gasteiger partial charge in [0.2, 0.25) is 0 Å². The number of hydrogen-bond acceptors (Lipinski definition) is 4. The Labute approximate surface area is 161 Å². The number of aryl methyl sites for hydroxylation is 2. The smallest absolute Gasteiger partial charge is 0.412 e. The lowest BCUT2D eigenvalue weighted by Crippen LogP contribution is -2.13. The van der Waals surface area contributed by atoms with Gasteiger partial charge in [0.15, 0.2) is 5.76 Å². The van der Waals surface area contributed by atoms with Gasteiger partial charge in [-0.05, 0) is 37.1 Å². The second-order valence-corrected chi connectivity index (χ2v) is 6.71. The van der Waals surface area contributed by atoms with Crippen LogP contribution in [0.4, 0.5) is 19.3 Å². The molecule has 0 fully saturated rings. The number of alkyl halides is 2. The zero-order valence-electron chi connectivity index (χ0n) is 15.8. The molecule has 0 spiro atoms. The average molecular weight is 389 g/mol. The predicted molar refractivity (Wildman–Crippen MR) is 99.3 cm³/mol.